The highest BCUT2D eigenvalue weighted by molar-refractivity contribution is 5.91. The van der Waals surface area contributed by atoms with Gasteiger partial charge in [-0.25, -0.2) is 0 Å². The Bertz CT molecular complexity index is 861. The average Bonchev–Trinajstić information content (AvgIpc) is 3.19. The fourth-order valence-electron chi connectivity index (χ4n) is 8.98. The van der Waals surface area contributed by atoms with Crippen molar-refractivity contribution in [3.8, 4) is 0 Å². The van der Waals surface area contributed by atoms with Gasteiger partial charge in [0.1, 0.15) is 6.10 Å². The lowest BCUT2D eigenvalue weighted by Crippen LogP contribution is -2.51. The number of ether oxygens (including phenoxy) is 2. The number of fused-ring (bicyclic) bond motifs is 5. The molecule has 5 heteroatoms. The van der Waals surface area contributed by atoms with Crippen molar-refractivity contribution in [1.29, 1.82) is 0 Å². The van der Waals surface area contributed by atoms with Crippen LogP contribution in [0.4, 0.5) is 0 Å². The third kappa shape index (κ3) is 7.10. The number of rotatable bonds is 13. The minimum Gasteiger partial charge on any atom is -0.466 e. The number of hydrogen-bond donors (Lipinski definition) is 0. The Labute approximate surface area is 230 Å². The van der Waals surface area contributed by atoms with Crippen LogP contribution in [0.2, 0.25) is 0 Å². The molecule has 0 unspecified atom stereocenters. The van der Waals surface area contributed by atoms with Crippen molar-refractivity contribution in [2.75, 3.05) is 6.61 Å². The Morgan fingerprint density at radius 1 is 0.895 bits per heavy atom. The maximum atomic E-state index is 12.3. The second kappa shape index (κ2) is 13.6. The van der Waals surface area contributed by atoms with Gasteiger partial charge >= 0.3 is 11.9 Å². The lowest BCUT2D eigenvalue weighted by Gasteiger charge is -2.56. The summed E-state index contributed by atoms with van der Waals surface area (Å²) in [5, 5.41) is 0. The summed E-state index contributed by atoms with van der Waals surface area (Å²) in [6.07, 6.45) is 22.1. The molecule has 3 saturated carbocycles. The molecule has 7 atom stereocenters. The van der Waals surface area contributed by atoms with Crippen molar-refractivity contribution in [2.45, 2.75) is 136 Å². The molecule has 0 saturated heterocycles. The molecule has 4 aliphatic rings. The van der Waals surface area contributed by atoms with E-state index in [2.05, 4.69) is 6.92 Å². The molecular weight excluding hydrogens is 476 g/mol. The average molecular weight is 529 g/mol. The first-order valence-electron chi connectivity index (χ1n) is 15.8. The van der Waals surface area contributed by atoms with E-state index in [1.807, 2.05) is 6.08 Å². The molecule has 5 nitrogen and oxygen atoms in total. The zero-order valence-electron chi connectivity index (χ0n) is 24.3. The van der Waals surface area contributed by atoms with Crippen LogP contribution in [-0.2, 0) is 23.9 Å². The number of hydrogen-bond acceptors (Lipinski definition) is 5. The van der Waals surface area contributed by atoms with Gasteiger partial charge in [-0.1, -0.05) is 63.9 Å². The molecule has 0 aromatic carbocycles. The second-order valence-corrected chi connectivity index (χ2v) is 13.2. The van der Waals surface area contributed by atoms with Gasteiger partial charge in [0.2, 0.25) is 0 Å². The molecule has 0 aliphatic heterocycles. The van der Waals surface area contributed by atoms with Crippen molar-refractivity contribution < 1.29 is 23.9 Å². The highest BCUT2D eigenvalue weighted by Crippen LogP contribution is 2.64. The monoisotopic (exact) mass is 528 g/mol. The fraction of sp³-hybridized carbons (Fsp3) is 0.848. The van der Waals surface area contributed by atoms with Crippen LogP contribution in [0.15, 0.2) is 11.6 Å². The van der Waals surface area contributed by atoms with Crippen LogP contribution in [0.25, 0.3) is 0 Å². The minimum atomic E-state index is -0.176. The van der Waals surface area contributed by atoms with Crippen LogP contribution < -0.4 is 0 Å². The van der Waals surface area contributed by atoms with Gasteiger partial charge in [-0.2, -0.15) is 0 Å². The van der Waals surface area contributed by atoms with Crippen LogP contribution in [0, 0.1) is 35.0 Å². The predicted molar refractivity (Wildman–Crippen MR) is 149 cm³/mol. The first kappa shape index (κ1) is 29.3. The standard InChI is InChI=1S/C33H52O5/c1-23(34)37-20-12-10-8-6-4-5-7-9-11-13-25-21-26-22-27(36)14-15-28(26)29-18-19-33(3)30(32(25)29)16-17-31(33)38-24(2)35/h22,25,28-32H,4-21H2,1-3H3/t25-,28+,29-,30+,31+,32-,33+/m1/s1. The van der Waals surface area contributed by atoms with E-state index in [4.69, 9.17) is 9.47 Å². The summed E-state index contributed by atoms with van der Waals surface area (Å²) in [5.41, 5.74) is 1.59. The molecule has 38 heavy (non-hydrogen) atoms. The summed E-state index contributed by atoms with van der Waals surface area (Å²) in [7, 11) is 0. The van der Waals surface area contributed by atoms with Gasteiger partial charge in [-0.3, -0.25) is 14.4 Å². The third-order valence-corrected chi connectivity index (χ3v) is 10.7. The van der Waals surface area contributed by atoms with Crippen molar-refractivity contribution in [1.82, 2.24) is 0 Å². The summed E-state index contributed by atoms with van der Waals surface area (Å²) in [6, 6.07) is 0. The summed E-state index contributed by atoms with van der Waals surface area (Å²) in [6.45, 7) is 6.01. The Kier molecular flexibility index (Phi) is 10.5. The van der Waals surface area contributed by atoms with E-state index < -0.39 is 0 Å². The van der Waals surface area contributed by atoms with E-state index in [0.29, 0.717) is 36.1 Å². The number of ketones is 1. The van der Waals surface area contributed by atoms with Crippen molar-refractivity contribution in [2.24, 2.45) is 35.0 Å². The molecule has 0 bridgehead atoms. The van der Waals surface area contributed by atoms with Crippen molar-refractivity contribution in [3.05, 3.63) is 11.6 Å². The molecule has 0 spiro atoms. The van der Waals surface area contributed by atoms with E-state index in [1.54, 1.807) is 6.92 Å². The van der Waals surface area contributed by atoms with Crippen LogP contribution >= 0.6 is 0 Å². The zero-order chi connectivity index (χ0) is 27.1. The topological polar surface area (TPSA) is 69.7 Å². The Balaban J connectivity index is 1.27. The lowest BCUT2D eigenvalue weighted by molar-refractivity contribution is -0.157. The SMILES string of the molecule is CC(=O)OCCCCCCCCCCC[C@@H]1CC2=CC(=O)CC[C@@H]2[C@H]2CC[C@]3(C)[C@@H](OC(C)=O)CC[C@H]3[C@H]12. The van der Waals surface area contributed by atoms with E-state index in [9.17, 15) is 14.4 Å². The van der Waals surface area contributed by atoms with Crippen LogP contribution in [0.5, 0.6) is 0 Å². The van der Waals surface area contributed by atoms with E-state index in [-0.39, 0.29) is 23.5 Å². The maximum Gasteiger partial charge on any atom is 0.302 e. The summed E-state index contributed by atoms with van der Waals surface area (Å²) >= 11 is 0. The molecular formula is C33H52O5. The lowest BCUT2D eigenvalue weighted by atomic mass is 9.49. The highest BCUT2D eigenvalue weighted by Gasteiger charge is 2.59. The molecule has 0 heterocycles. The van der Waals surface area contributed by atoms with E-state index >= 15 is 0 Å². The molecule has 0 N–H and O–H groups in total. The fourth-order valence-corrected chi connectivity index (χ4v) is 8.98. The smallest absolute Gasteiger partial charge is 0.302 e. The van der Waals surface area contributed by atoms with Crippen LogP contribution in [0.1, 0.15) is 130 Å². The molecule has 0 radical (unpaired) electrons. The van der Waals surface area contributed by atoms with Crippen LogP contribution in [0.3, 0.4) is 0 Å². The van der Waals surface area contributed by atoms with Crippen molar-refractivity contribution in [3.63, 3.8) is 0 Å². The van der Waals surface area contributed by atoms with Crippen molar-refractivity contribution >= 4 is 17.7 Å². The number of carbonyl (C=O) groups is 3. The first-order valence-corrected chi connectivity index (χ1v) is 15.8. The molecule has 3 fully saturated rings. The highest BCUT2D eigenvalue weighted by atomic mass is 16.5. The molecule has 0 aromatic rings. The maximum absolute atomic E-state index is 12.3. The predicted octanol–water partition coefficient (Wildman–Crippen LogP) is 7.75. The van der Waals surface area contributed by atoms with Gasteiger partial charge in [-0.05, 0) is 87.0 Å². The summed E-state index contributed by atoms with van der Waals surface area (Å²) < 4.78 is 10.9. The number of unbranched alkanes of at least 4 members (excludes halogenated alkanes) is 8. The Morgan fingerprint density at radius 3 is 2.26 bits per heavy atom. The Hall–Kier alpha value is -1.65. The van der Waals surface area contributed by atoms with E-state index in [1.165, 1.54) is 76.7 Å². The second-order valence-electron chi connectivity index (χ2n) is 13.2. The summed E-state index contributed by atoms with van der Waals surface area (Å²) in [5.74, 6) is 3.40. The summed E-state index contributed by atoms with van der Waals surface area (Å²) in [4.78, 5) is 35.0. The Morgan fingerprint density at radius 2 is 1.58 bits per heavy atom. The normalized spacial score (nSPS) is 34.1. The minimum absolute atomic E-state index is 0.0816. The number of esters is 2. The molecule has 214 valence electrons. The van der Waals surface area contributed by atoms with Crippen LogP contribution in [-0.4, -0.2) is 30.4 Å². The number of allylic oxidation sites excluding steroid dienone is 1. The van der Waals surface area contributed by atoms with Gasteiger partial charge < -0.3 is 9.47 Å². The largest absolute Gasteiger partial charge is 0.466 e. The third-order valence-electron chi connectivity index (χ3n) is 10.7. The quantitative estimate of drug-likeness (QED) is 0.180. The van der Waals surface area contributed by atoms with Gasteiger partial charge in [0, 0.05) is 25.7 Å². The zero-order valence-corrected chi connectivity index (χ0v) is 24.3. The van der Waals surface area contributed by atoms with Gasteiger partial charge in [-0.15, -0.1) is 0 Å². The van der Waals surface area contributed by atoms with Gasteiger partial charge in [0.25, 0.3) is 0 Å². The first-order chi connectivity index (χ1) is 18.3. The molecule has 4 aliphatic carbocycles. The van der Waals surface area contributed by atoms with Gasteiger partial charge in [0.15, 0.2) is 5.78 Å². The molecule has 0 amide bonds. The van der Waals surface area contributed by atoms with Gasteiger partial charge in [0.05, 0.1) is 6.61 Å². The molecule has 0 aromatic heterocycles. The number of carbonyl (C=O) groups excluding carboxylic acids is 3. The molecule has 4 rings (SSSR count). The van der Waals surface area contributed by atoms with E-state index in [0.717, 1.165) is 50.9 Å².